The van der Waals surface area contributed by atoms with E-state index >= 15 is 0 Å². The molecule has 0 unspecified atom stereocenters. The molecule has 1 aromatic carbocycles. The van der Waals surface area contributed by atoms with Crippen molar-refractivity contribution in [1.29, 1.82) is 0 Å². The number of hydrogen-bond donors (Lipinski definition) is 1. The van der Waals surface area contributed by atoms with Crippen LogP contribution in [0.25, 0.3) is 0 Å². The van der Waals surface area contributed by atoms with E-state index in [-0.39, 0.29) is 12.1 Å². The molecule has 2 aromatic rings. The Morgan fingerprint density at radius 2 is 1.61 bits per heavy atom. The van der Waals surface area contributed by atoms with Crippen LogP contribution in [0.3, 0.4) is 0 Å². The third kappa shape index (κ3) is 4.46. The van der Waals surface area contributed by atoms with E-state index in [0.717, 1.165) is 12.1 Å². The molecular formula is C17H13BrF6N2O2. The molecule has 0 aliphatic rings. The van der Waals surface area contributed by atoms with E-state index in [1.54, 1.807) is 12.1 Å². The number of rotatable bonds is 5. The summed E-state index contributed by atoms with van der Waals surface area (Å²) in [5.41, 5.74) is -5.16. The maximum Gasteiger partial charge on any atom is 0.430 e. The van der Waals surface area contributed by atoms with Crippen molar-refractivity contribution in [3.8, 4) is 0 Å². The molecule has 1 N–H and O–H groups in total. The molecule has 0 saturated carbocycles. The molecule has 1 amide bonds. The van der Waals surface area contributed by atoms with Gasteiger partial charge >= 0.3 is 12.4 Å². The molecule has 4 nitrogen and oxygen atoms in total. The van der Waals surface area contributed by atoms with E-state index in [1.807, 2.05) is 0 Å². The Morgan fingerprint density at radius 3 is 2.04 bits per heavy atom. The van der Waals surface area contributed by atoms with Gasteiger partial charge in [-0.1, -0.05) is 12.1 Å². The van der Waals surface area contributed by atoms with Gasteiger partial charge in [-0.05, 0) is 40.2 Å². The Bertz CT molecular complexity index is 806. The largest absolute Gasteiger partial charge is 0.430 e. The molecule has 0 bridgehead atoms. The highest BCUT2D eigenvalue weighted by atomic mass is 79.9. The molecule has 0 radical (unpaired) electrons. The quantitative estimate of drug-likeness (QED) is 0.626. The van der Waals surface area contributed by atoms with Gasteiger partial charge in [0.15, 0.2) is 0 Å². The van der Waals surface area contributed by atoms with Crippen LogP contribution in [0.5, 0.6) is 0 Å². The lowest BCUT2D eigenvalue weighted by Gasteiger charge is -2.36. The first-order valence-electron chi connectivity index (χ1n) is 7.60. The van der Waals surface area contributed by atoms with Crippen molar-refractivity contribution in [3.63, 3.8) is 0 Å². The third-order valence-corrected chi connectivity index (χ3v) is 4.28. The summed E-state index contributed by atoms with van der Waals surface area (Å²) in [6, 6.07) is 6.35. The zero-order chi connectivity index (χ0) is 21.2. The van der Waals surface area contributed by atoms with Gasteiger partial charge in [0.25, 0.3) is 5.60 Å². The lowest BCUT2D eigenvalue weighted by Crippen LogP contribution is -2.55. The van der Waals surface area contributed by atoms with Gasteiger partial charge in [-0.2, -0.15) is 26.3 Å². The zero-order valence-corrected chi connectivity index (χ0v) is 15.7. The van der Waals surface area contributed by atoms with E-state index in [0.29, 0.717) is 29.4 Å². The zero-order valence-electron chi connectivity index (χ0n) is 14.2. The lowest BCUT2D eigenvalue weighted by atomic mass is 9.91. The number of carbonyl (C=O) groups is 1. The lowest BCUT2D eigenvalue weighted by molar-refractivity contribution is -0.383. The molecule has 28 heavy (non-hydrogen) atoms. The van der Waals surface area contributed by atoms with E-state index in [4.69, 9.17) is 0 Å². The number of methoxy groups -OCH3 is 1. The number of aromatic nitrogens is 1. The summed E-state index contributed by atoms with van der Waals surface area (Å²) in [5, 5.41) is 2.39. The Hall–Kier alpha value is -2.14. The van der Waals surface area contributed by atoms with Crippen LogP contribution in [-0.2, 0) is 21.6 Å². The molecule has 0 spiro atoms. The number of nitrogens with zero attached hydrogens (tertiary/aromatic N) is 1. The van der Waals surface area contributed by atoms with Crippen LogP contribution in [0.15, 0.2) is 47.1 Å². The Morgan fingerprint density at radius 1 is 1.04 bits per heavy atom. The number of ether oxygens (including phenoxy) is 1. The van der Waals surface area contributed by atoms with Crippen molar-refractivity contribution >= 4 is 27.5 Å². The monoisotopic (exact) mass is 470 g/mol. The first-order valence-corrected chi connectivity index (χ1v) is 8.39. The number of halogens is 7. The Kier molecular flexibility index (Phi) is 6.39. The predicted octanol–water partition coefficient (Wildman–Crippen LogP) is 4.99. The molecule has 0 saturated heterocycles. The van der Waals surface area contributed by atoms with Crippen LogP contribution >= 0.6 is 15.9 Å². The highest BCUT2D eigenvalue weighted by molar-refractivity contribution is 9.10. The van der Waals surface area contributed by atoms with Crippen molar-refractivity contribution in [2.75, 3.05) is 12.4 Å². The van der Waals surface area contributed by atoms with Gasteiger partial charge in [0.05, 0.1) is 6.42 Å². The summed E-state index contributed by atoms with van der Waals surface area (Å²) >= 11 is 3.19. The van der Waals surface area contributed by atoms with Gasteiger partial charge in [0, 0.05) is 34.7 Å². The fraction of sp³-hybridized carbons (Fsp3) is 0.294. The summed E-state index contributed by atoms with van der Waals surface area (Å²) in [4.78, 5) is 16.0. The molecule has 152 valence electrons. The van der Waals surface area contributed by atoms with Crippen LogP contribution < -0.4 is 5.32 Å². The average Bonchev–Trinajstić information content (AvgIpc) is 2.57. The minimum absolute atomic E-state index is 0.0280. The van der Waals surface area contributed by atoms with Crippen LogP contribution in [-0.4, -0.2) is 30.4 Å². The van der Waals surface area contributed by atoms with Gasteiger partial charge in [0.1, 0.15) is 0 Å². The van der Waals surface area contributed by atoms with Crippen molar-refractivity contribution in [1.82, 2.24) is 4.98 Å². The van der Waals surface area contributed by atoms with Gasteiger partial charge < -0.3 is 10.1 Å². The van der Waals surface area contributed by atoms with Crippen LogP contribution in [0.1, 0.15) is 11.3 Å². The number of carbonyl (C=O) groups excluding carboxylic acids is 1. The summed E-state index contributed by atoms with van der Waals surface area (Å²) in [7, 11) is 0.335. The highest BCUT2D eigenvalue weighted by Gasteiger charge is 2.72. The number of pyridine rings is 1. The first kappa shape index (κ1) is 22.2. The summed E-state index contributed by atoms with van der Waals surface area (Å²) < 4.78 is 83.9. The standard InChI is InChI=1S/C17H13BrF6N2O2/c1-28-15(16(19,20)21,17(22,23)24)10-2-5-12(6-3-10)26-14(27)8-13-7-4-11(18)9-25-13/h2-7,9H,8H2,1H3,(H,26,27). The summed E-state index contributed by atoms with van der Waals surface area (Å²) in [6.07, 6.45) is -10.1. The topological polar surface area (TPSA) is 51.2 Å². The molecule has 1 aromatic heterocycles. The third-order valence-electron chi connectivity index (χ3n) is 3.81. The Balaban J connectivity index is 2.21. The van der Waals surface area contributed by atoms with Crippen LogP contribution in [0.4, 0.5) is 32.0 Å². The molecule has 2 rings (SSSR count). The molecule has 1 heterocycles. The molecule has 0 fully saturated rings. The number of alkyl halides is 6. The van der Waals surface area contributed by atoms with E-state index in [2.05, 4.69) is 31.0 Å². The summed E-state index contributed by atoms with van der Waals surface area (Å²) in [5.74, 6) is -0.535. The second kappa shape index (κ2) is 8.08. The van der Waals surface area contributed by atoms with Gasteiger partial charge in [-0.3, -0.25) is 9.78 Å². The molecule has 0 atom stereocenters. The fourth-order valence-corrected chi connectivity index (χ4v) is 2.74. The van der Waals surface area contributed by atoms with Crippen molar-refractivity contribution in [2.45, 2.75) is 24.4 Å². The molecule has 11 heteroatoms. The van der Waals surface area contributed by atoms with Gasteiger partial charge in [-0.25, -0.2) is 0 Å². The van der Waals surface area contributed by atoms with Crippen LogP contribution in [0.2, 0.25) is 0 Å². The van der Waals surface area contributed by atoms with E-state index in [1.165, 1.54) is 6.20 Å². The highest BCUT2D eigenvalue weighted by Crippen LogP contribution is 2.52. The number of nitrogens with one attached hydrogen (secondary N) is 1. The molecule has 0 aliphatic heterocycles. The number of benzene rings is 1. The maximum atomic E-state index is 13.2. The predicted molar refractivity (Wildman–Crippen MR) is 91.5 cm³/mol. The van der Waals surface area contributed by atoms with Crippen LogP contribution in [0, 0.1) is 0 Å². The summed E-state index contributed by atoms with van der Waals surface area (Å²) in [6.45, 7) is 0. The van der Waals surface area contributed by atoms with Gasteiger partial charge in [-0.15, -0.1) is 0 Å². The van der Waals surface area contributed by atoms with Gasteiger partial charge in [0.2, 0.25) is 5.91 Å². The second-order valence-electron chi connectivity index (χ2n) is 5.65. The first-order chi connectivity index (χ1) is 12.9. The minimum Gasteiger partial charge on any atom is -0.357 e. The SMILES string of the molecule is COC(c1ccc(NC(=O)Cc2ccc(Br)cn2)cc1)(C(F)(F)F)C(F)(F)F. The Labute approximate surface area is 164 Å². The van der Waals surface area contributed by atoms with Crippen molar-refractivity contribution in [3.05, 3.63) is 58.3 Å². The minimum atomic E-state index is -5.74. The van der Waals surface area contributed by atoms with Crippen molar-refractivity contribution < 1.29 is 35.9 Å². The number of amides is 1. The van der Waals surface area contributed by atoms with E-state index < -0.39 is 29.4 Å². The molecular weight excluding hydrogens is 458 g/mol. The second-order valence-corrected chi connectivity index (χ2v) is 6.57. The number of hydrogen-bond acceptors (Lipinski definition) is 3. The van der Waals surface area contributed by atoms with E-state index in [9.17, 15) is 31.1 Å². The average molecular weight is 471 g/mol. The smallest absolute Gasteiger partial charge is 0.357 e. The van der Waals surface area contributed by atoms with Crippen molar-refractivity contribution in [2.24, 2.45) is 0 Å². The normalized spacial score (nSPS) is 12.7. The maximum absolute atomic E-state index is 13.2. The fourth-order valence-electron chi connectivity index (χ4n) is 2.51. The number of anilines is 1. The molecule has 0 aliphatic carbocycles.